The lowest BCUT2D eigenvalue weighted by Gasteiger charge is -2.20. The Morgan fingerprint density at radius 2 is 0.955 bits per heavy atom. The molecule has 5 aromatic carbocycles. The maximum absolute atomic E-state index is 9.54. The van der Waals surface area contributed by atoms with Gasteiger partial charge in [0.25, 0.3) is 0 Å². The molecule has 4 heteroatoms. The molecule has 0 fully saturated rings. The van der Waals surface area contributed by atoms with Crippen molar-refractivity contribution < 1.29 is 0 Å². The summed E-state index contributed by atoms with van der Waals surface area (Å²) in [6, 6.07) is 38.5. The second-order valence-corrected chi connectivity index (χ2v) is 11.8. The second-order valence-electron chi connectivity index (χ2n) is 11.8. The van der Waals surface area contributed by atoms with Crippen LogP contribution in [0.2, 0.25) is 0 Å². The summed E-state index contributed by atoms with van der Waals surface area (Å²) < 4.78 is 4.75. The van der Waals surface area contributed by atoms with Gasteiger partial charge in [-0.25, -0.2) is 4.98 Å². The molecule has 4 nitrogen and oxygen atoms in total. The first-order chi connectivity index (χ1) is 21.5. The summed E-state index contributed by atoms with van der Waals surface area (Å²) in [6.45, 7) is 8.78. The van der Waals surface area contributed by atoms with E-state index < -0.39 is 0 Å². The average Bonchev–Trinajstić information content (AvgIpc) is 3.57. The number of pyridine rings is 1. The molecular formula is C40H30N4. The summed E-state index contributed by atoms with van der Waals surface area (Å²) in [7, 11) is 0. The van der Waals surface area contributed by atoms with Crippen LogP contribution in [0.4, 0.5) is 0 Å². The molecule has 8 rings (SSSR count). The van der Waals surface area contributed by atoms with Crippen molar-refractivity contribution in [2.45, 2.75) is 27.7 Å². The third-order valence-electron chi connectivity index (χ3n) is 9.13. The molecule has 0 N–H and O–H groups in total. The Bertz CT molecular complexity index is 2370. The fourth-order valence-electron chi connectivity index (χ4n) is 7.17. The Morgan fingerprint density at radius 1 is 0.523 bits per heavy atom. The number of aromatic nitrogens is 3. The van der Waals surface area contributed by atoms with E-state index in [2.05, 4.69) is 122 Å². The predicted octanol–water partition coefficient (Wildman–Crippen LogP) is 10.0. The molecule has 0 unspecified atom stereocenters. The molecule has 0 saturated heterocycles. The first kappa shape index (κ1) is 26.0. The molecule has 3 aromatic heterocycles. The van der Waals surface area contributed by atoms with Crippen molar-refractivity contribution >= 4 is 43.6 Å². The monoisotopic (exact) mass is 566 g/mol. The third kappa shape index (κ3) is 3.60. The Morgan fingerprint density at radius 3 is 1.39 bits per heavy atom. The van der Waals surface area contributed by atoms with Gasteiger partial charge >= 0.3 is 0 Å². The van der Waals surface area contributed by atoms with Crippen molar-refractivity contribution in [1.82, 2.24) is 14.1 Å². The van der Waals surface area contributed by atoms with Gasteiger partial charge in [-0.05, 0) is 98.0 Å². The fraction of sp³-hybridized carbons (Fsp3) is 0.100. The first-order valence-electron chi connectivity index (χ1n) is 15.0. The highest BCUT2D eigenvalue weighted by molar-refractivity contribution is 6.15. The summed E-state index contributed by atoms with van der Waals surface area (Å²) in [5.41, 5.74) is 13.3. The van der Waals surface area contributed by atoms with E-state index >= 15 is 0 Å². The summed E-state index contributed by atoms with van der Waals surface area (Å²) >= 11 is 0. The Hall–Kier alpha value is -5.66. The molecule has 0 bridgehead atoms. The number of hydrogen-bond acceptors (Lipinski definition) is 2. The van der Waals surface area contributed by atoms with Gasteiger partial charge in [-0.2, -0.15) is 5.26 Å². The highest BCUT2D eigenvalue weighted by atomic mass is 15.1. The van der Waals surface area contributed by atoms with E-state index in [1.807, 2.05) is 30.5 Å². The molecule has 8 aromatic rings. The number of rotatable bonds is 3. The van der Waals surface area contributed by atoms with Crippen molar-refractivity contribution in [1.29, 1.82) is 5.26 Å². The van der Waals surface area contributed by atoms with Crippen LogP contribution in [-0.2, 0) is 0 Å². The van der Waals surface area contributed by atoms with Crippen LogP contribution in [0, 0.1) is 39.0 Å². The van der Waals surface area contributed by atoms with E-state index in [1.54, 1.807) is 0 Å². The van der Waals surface area contributed by atoms with E-state index in [9.17, 15) is 5.26 Å². The lowest BCUT2D eigenvalue weighted by Crippen LogP contribution is -2.08. The van der Waals surface area contributed by atoms with Crippen LogP contribution >= 0.6 is 0 Å². The highest BCUT2D eigenvalue weighted by Crippen LogP contribution is 2.43. The number of aryl methyl sites for hydroxylation is 4. The van der Waals surface area contributed by atoms with Gasteiger partial charge in [-0.3, -0.25) is 4.57 Å². The number of benzene rings is 5. The first-order valence-corrected chi connectivity index (χ1v) is 15.0. The quantitative estimate of drug-likeness (QED) is 0.214. The summed E-state index contributed by atoms with van der Waals surface area (Å²) in [5.74, 6) is 0.866. The minimum absolute atomic E-state index is 0.640. The Labute approximate surface area is 256 Å². The molecular weight excluding hydrogens is 536 g/mol. The van der Waals surface area contributed by atoms with Crippen molar-refractivity contribution in [2.75, 3.05) is 0 Å². The molecule has 0 radical (unpaired) electrons. The third-order valence-corrected chi connectivity index (χ3v) is 9.13. The summed E-state index contributed by atoms with van der Waals surface area (Å²) in [5, 5.41) is 14.6. The fourth-order valence-corrected chi connectivity index (χ4v) is 7.17. The standard InChI is InChI=1S/C40H30N4/c1-24-9-5-13-31-35(24)36-25(2)10-6-14-32(36)43(31)39-30(29-19-17-28(23-41)18-20-29)21-22-42-40(39)44-33-15-7-11-26(3)37(33)38-27(4)12-8-16-34(38)44/h5-22H,1-4H3. The zero-order valence-corrected chi connectivity index (χ0v) is 25.2. The molecule has 0 aliphatic heterocycles. The van der Waals surface area contributed by atoms with E-state index in [1.165, 1.54) is 43.8 Å². The Balaban J connectivity index is 1.61. The Kier molecular flexibility index (Phi) is 5.73. The second kappa shape index (κ2) is 9.69. The van der Waals surface area contributed by atoms with Crippen molar-refractivity contribution in [2.24, 2.45) is 0 Å². The lowest BCUT2D eigenvalue weighted by molar-refractivity contribution is 1.03. The zero-order chi connectivity index (χ0) is 30.1. The van der Waals surface area contributed by atoms with Crippen molar-refractivity contribution in [3.63, 3.8) is 0 Å². The predicted molar refractivity (Wildman–Crippen MR) is 182 cm³/mol. The van der Waals surface area contributed by atoms with Crippen molar-refractivity contribution in [3.8, 4) is 28.7 Å². The van der Waals surface area contributed by atoms with E-state index in [-0.39, 0.29) is 0 Å². The maximum Gasteiger partial charge on any atom is 0.162 e. The number of nitriles is 1. The zero-order valence-electron chi connectivity index (χ0n) is 25.2. The van der Waals surface area contributed by atoms with Crippen LogP contribution in [0.3, 0.4) is 0 Å². The minimum Gasteiger partial charge on any atom is -0.305 e. The maximum atomic E-state index is 9.54. The van der Waals surface area contributed by atoms with Gasteiger partial charge in [0.05, 0.1) is 39.4 Å². The van der Waals surface area contributed by atoms with Crippen molar-refractivity contribution in [3.05, 3.63) is 137 Å². The van der Waals surface area contributed by atoms with Crippen LogP contribution in [0.25, 0.3) is 66.2 Å². The van der Waals surface area contributed by atoms with Gasteiger partial charge in [0.15, 0.2) is 5.82 Å². The van der Waals surface area contributed by atoms with Gasteiger partial charge in [-0.15, -0.1) is 0 Å². The molecule has 0 aliphatic carbocycles. The highest BCUT2D eigenvalue weighted by Gasteiger charge is 2.25. The van der Waals surface area contributed by atoms with Crippen LogP contribution in [0.5, 0.6) is 0 Å². The SMILES string of the molecule is Cc1cccc2c1c1c(C)cccc1n2-c1nccc(-c2ccc(C#N)cc2)c1-n1c2cccc(C)c2c2c(C)cccc21. The summed E-state index contributed by atoms with van der Waals surface area (Å²) in [4.78, 5) is 5.20. The molecule has 3 heterocycles. The molecule has 0 saturated carbocycles. The lowest BCUT2D eigenvalue weighted by atomic mass is 10.0. The minimum atomic E-state index is 0.640. The molecule has 0 aliphatic rings. The molecule has 0 amide bonds. The van der Waals surface area contributed by atoms with E-state index in [0.717, 1.165) is 44.7 Å². The van der Waals surface area contributed by atoms with Crippen LogP contribution in [0.1, 0.15) is 27.8 Å². The van der Waals surface area contributed by atoms with Crippen LogP contribution in [-0.4, -0.2) is 14.1 Å². The molecule has 210 valence electrons. The average molecular weight is 567 g/mol. The summed E-state index contributed by atoms with van der Waals surface area (Å²) in [6.07, 6.45) is 1.92. The smallest absolute Gasteiger partial charge is 0.162 e. The van der Waals surface area contributed by atoms with E-state index in [0.29, 0.717) is 5.56 Å². The molecule has 0 spiro atoms. The topological polar surface area (TPSA) is 46.5 Å². The normalized spacial score (nSPS) is 11.6. The number of fused-ring (bicyclic) bond motifs is 6. The van der Waals surface area contributed by atoms with Gasteiger partial charge in [-0.1, -0.05) is 60.7 Å². The van der Waals surface area contributed by atoms with Crippen LogP contribution < -0.4 is 0 Å². The molecule has 44 heavy (non-hydrogen) atoms. The largest absolute Gasteiger partial charge is 0.305 e. The number of nitrogens with zero attached hydrogens (tertiary/aromatic N) is 4. The van der Waals surface area contributed by atoms with Gasteiger partial charge in [0, 0.05) is 33.3 Å². The number of hydrogen-bond donors (Lipinski definition) is 0. The van der Waals surface area contributed by atoms with E-state index in [4.69, 9.17) is 4.98 Å². The van der Waals surface area contributed by atoms with Gasteiger partial charge in [0.1, 0.15) is 0 Å². The van der Waals surface area contributed by atoms with Gasteiger partial charge in [0.2, 0.25) is 0 Å². The van der Waals surface area contributed by atoms with Crippen LogP contribution in [0.15, 0.2) is 109 Å². The van der Waals surface area contributed by atoms with Gasteiger partial charge < -0.3 is 4.57 Å². The molecule has 0 atom stereocenters.